The van der Waals surface area contributed by atoms with E-state index in [1.165, 1.54) is 32.2 Å². The maximum atomic E-state index is 12.3. The monoisotopic (exact) mass is 411 g/mol. The SMILES string of the molecule is CCOc1cc(C(=O)O[C@@H](C)C(=O)Nc2ccc(Cl)cc2Cl)ccc1OC. The van der Waals surface area contributed by atoms with Crippen LogP contribution in [-0.2, 0) is 9.53 Å². The van der Waals surface area contributed by atoms with E-state index in [4.69, 9.17) is 37.4 Å². The third-order valence-electron chi connectivity index (χ3n) is 3.54. The molecule has 0 radical (unpaired) electrons. The number of halogens is 2. The molecule has 144 valence electrons. The number of hydrogen-bond acceptors (Lipinski definition) is 5. The van der Waals surface area contributed by atoms with Crippen molar-refractivity contribution < 1.29 is 23.8 Å². The van der Waals surface area contributed by atoms with Crippen LogP contribution in [0.2, 0.25) is 10.0 Å². The van der Waals surface area contributed by atoms with Crippen LogP contribution in [0.25, 0.3) is 0 Å². The summed E-state index contributed by atoms with van der Waals surface area (Å²) in [5.41, 5.74) is 0.612. The van der Waals surface area contributed by atoms with Gasteiger partial charge in [-0.05, 0) is 50.2 Å². The standard InChI is InChI=1S/C19H19Cl2NO5/c1-4-26-17-9-12(5-8-16(17)25-3)19(24)27-11(2)18(23)22-15-7-6-13(20)10-14(15)21/h5-11H,4H2,1-3H3,(H,22,23)/t11-/m0/s1. The molecule has 0 saturated heterocycles. The Kier molecular flexibility index (Phi) is 7.33. The maximum absolute atomic E-state index is 12.3. The molecular formula is C19H19Cl2NO5. The first-order valence-electron chi connectivity index (χ1n) is 8.13. The van der Waals surface area contributed by atoms with Gasteiger partial charge in [0.2, 0.25) is 0 Å². The predicted molar refractivity (Wildman–Crippen MR) is 104 cm³/mol. The number of methoxy groups -OCH3 is 1. The van der Waals surface area contributed by atoms with E-state index in [1.807, 2.05) is 6.92 Å². The number of anilines is 1. The molecule has 2 rings (SSSR count). The summed E-state index contributed by atoms with van der Waals surface area (Å²) >= 11 is 11.8. The second-order valence-electron chi connectivity index (χ2n) is 5.46. The molecule has 0 fully saturated rings. The molecule has 2 aromatic carbocycles. The van der Waals surface area contributed by atoms with E-state index in [1.54, 1.807) is 18.2 Å². The van der Waals surface area contributed by atoms with Gasteiger partial charge >= 0.3 is 5.97 Å². The van der Waals surface area contributed by atoms with Gasteiger partial charge in [0.1, 0.15) is 0 Å². The van der Waals surface area contributed by atoms with Gasteiger partial charge in [-0.15, -0.1) is 0 Å². The molecule has 0 heterocycles. The van der Waals surface area contributed by atoms with E-state index in [-0.39, 0.29) is 10.6 Å². The van der Waals surface area contributed by atoms with Gasteiger partial charge in [0.25, 0.3) is 5.91 Å². The average molecular weight is 412 g/mol. The number of amides is 1. The molecule has 1 N–H and O–H groups in total. The van der Waals surface area contributed by atoms with Crippen molar-refractivity contribution in [1.29, 1.82) is 0 Å². The van der Waals surface area contributed by atoms with Crippen LogP contribution in [0.5, 0.6) is 11.5 Å². The second-order valence-corrected chi connectivity index (χ2v) is 6.30. The molecule has 1 amide bonds. The van der Waals surface area contributed by atoms with Gasteiger partial charge < -0.3 is 19.5 Å². The molecule has 1 atom stereocenters. The molecule has 8 heteroatoms. The fourth-order valence-electron chi connectivity index (χ4n) is 2.18. The second kappa shape index (κ2) is 9.48. The number of carbonyl (C=O) groups is 2. The summed E-state index contributed by atoms with van der Waals surface area (Å²) in [5.74, 6) is -0.273. The van der Waals surface area contributed by atoms with Crippen LogP contribution < -0.4 is 14.8 Å². The normalized spacial score (nSPS) is 11.4. The molecule has 27 heavy (non-hydrogen) atoms. The predicted octanol–water partition coefficient (Wildman–Crippen LogP) is 4.58. The highest BCUT2D eigenvalue weighted by Crippen LogP contribution is 2.29. The van der Waals surface area contributed by atoms with E-state index in [0.717, 1.165) is 0 Å². The van der Waals surface area contributed by atoms with Gasteiger partial charge in [-0.2, -0.15) is 0 Å². The fourth-order valence-corrected chi connectivity index (χ4v) is 2.64. The molecule has 0 aliphatic carbocycles. The van der Waals surface area contributed by atoms with Crippen molar-refractivity contribution in [2.75, 3.05) is 19.0 Å². The summed E-state index contributed by atoms with van der Waals surface area (Å²) < 4.78 is 15.8. The first kappa shape index (κ1) is 20.9. The zero-order valence-electron chi connectivity index (χ0n) is 15.0. The molecule has 0 bridgehead atoms. The Labute approximate surface area is 167 Å². The van der Waals surface area contributed by atoms with Crippen molar-refractivity contribution in [1.82, 2.24) is 0 Å². The van der Waals surface area contributed by atoms with E-state index < -0.39 is 18.0 Å². The Morgan fingerprint density at radius 2 is 1.85 bits per heavy atom. The van der Waals surface area contributed by atoms with Gasteiger partial charge in [-0.1, -0.05) is 23.2 Å². The number of ether oxygens (including phenoxy) is 3. The van der Waals surface area contributed by atoms with Crippen LogP contribution in [0.4, 0.5) is 5.69 Å². The Morgan fingerprint density at radius 3 is 2.48 bits per heavy atom. The topological polar surface area (TPSA) is 73.9 Å². The highest BCUT2D eigenvalue weighted by atomic mass is 35.5. The quantitative estimate of drug-likeness (QED) is 0.674. The van der Waals surface area contributed by atoms with Gasteiger partial charge in [-0.25, -0.2) is 4.79 Å². The maximum Gasteiger partial charge on any atom is 0.339 e. The van der Waals surface area contributed by atoms with Crippen molar-refractivity contribution in [2.45, 2.75) is 20.0 Å². The lowest BCUT2D eigenvalue weighted by Gasteiger charge is -2.15. The van der Waals surface area contributed by atoms with Gasteiger partial charge in [0, 0.05) is 5.02 Å². The Balaban J connectivity index is 2.06. The van der Waals surface area contributed by atoms with Crippen molar-refractivity contribution in [3.63, 3.8) is 0 Å². The summed E-state index contributed by atoms with van der Waals surface area (Å²) in [7, 11) is 1.50. The van der Waals surface area contributed by atoms with Crippen molar-refractivity contribution in [2.24, 2.45) is 0 Å². The number of hydrogen-bond donors (Lipinski definition) is 1. The fraction of sp³-hybridized carbons (Fsp3) is 0.263. The molecule has 2 aromatic rings. The van der Waals surface area contributed by atoms with Crippen LogP contribution in [0.1, 0.15) is 24.2 Å². The zero-order valence-corrected chi connectivity index (χ0v) is 16.6. The largest absolute Gasteiger partial charge is 0.493 e. The average Bonchev–Trinajstić information content (AvgIpc) is 2.64. The lowest BCUT2D eigenvalue weighted by molar-refractivity contribution is -0.123. The van der Waals surface area contributed by atoms with Crippen molar-refractivity contribution in [3.05, 3.63) is 52.0 Å². The first-order chi connectivity index (χ1) is 12.8. The highest BCUT2D eigenvalue weighted by Gasteiger charge is 2.21. The minimum Gasteiger partial charge on any atom is -0.493 e. The third-order valence-corrected chi connectivity index (χ3v) is 4.09. The van der Waals surface area contributed by atoms with Crippen LogP contribution in [0.3, 0.4) is 0 Å². The van der Waals surface area contributed by atoms with Crippen molar-refractivity contribution >= 4 is 40.8 Å². The summed E-state index contributed by atoms with van der Waals surface area (Å²) in [5, 5.41) is 3.32. The lowest BCUT2D eigenvalue weighted by Crippen LogP contribution is -2.30. The van der Waals surface area contributed by atoms with Crippen LogP contribution in [0.15, 0.2) is 36.4 Å². The Bertz CT molecular complexity index is 841. The van der Waals surface area contributed by atoms with Gasteiger partial charge in [-0.3, -0.25) is 4.79 Å². The minimum absolute atomic E-state index is 0.239. The zero-order chi connectivity index (χ0) is 20.0. The van der Waals surface area contributed by atoms with E-state index in [2.05, 4.69) is 5.32 Å². The molecule has 0 aliphatic rings. The van der Waals surface area contributed by atoms with E-state index in [9.17, 15) is 9.59 Å². The molecule has 0 unspecified atom stereocenters. The van der Waals surface area contributed by atoms with E-state index in [0.29, 0.717) is 28.8 Å². The number of rotatable bonds is 7. The summed E-state index contributed by atoms with van der Waals surface area (Å²) in [4.78, 5) is 24.6. The number of carbonyl (C=O) groups excluding carboxylic acids is 2. The summed E-state index contributed by atoms with van der Waals surface area (Å²) in [6.07, 6.45) is -1.04. The number of benzene rings is 2. The molecule has 0 spiro atoms. The molecule has 0 aromatic heterocycles. The lowest BCUT2D eigenvalue weighted by atomic mass is 10.2. The van der Waals surface area contributed by atoms with Crippen LogP contribution >= 0.6 is 23.2 Å². The Hall–Kier alpha value is -2.44. The van der Waals surface area contributed by atoms with Gasteiger partial charge in [0.15, 0.2) is 17.6 Å². The molecule has 6 nitrogen and oxygen atoms in total. The Morgan fingerprint density at radius 1 is 1.11 bits per heavy atom. The molecule has 0 aliphatic heterocycles. The molecular weight excluding hydrogens is 393 g/mol. The highest BCUT2D eigenvalue weighted by molar-refractivity contribution is 6.36. The molecule has 0 saturated carbocycles. The first-order valence-corrected chi connectivity index (χ1v) is 8.89. The van der Waals surface area contributed by atoms with Gasteiger partial charge in [0.05, 0.1) is 30.0 Å². The minimum atomic E-state index is -1.04. The smallest absolute Gasteiger partial charge is 0.339 e. The van der Waals surface area contributed by atoms with Crippen LogP contribution in [0, 0.1) is 0 Å². The third kappa shape index (κ3) is 5.52. The van der Waals surface area contributed by atoms with Crippen molar-refractivity contribution in [3.8, 4) is 11.5 Å². The van der Waals surface area contributed by atoms with Crippen LogP contribution in [-0.4, -0.2) is 31.7 Å². The number of esters is 1. The van der Waals surface area contributed by atoms with E-state index >= 15 is 0 Å². The number of nitrogens with one attached hydrogen (secondary N) is 1. The summed E-state index contributed by atoms with van der Waals surface area (Å²) in [6, 6.07) is 9.29. The summed E-state index contributed by atoms with van der Waals surface area (Å²) in [6.45, 7) is 3.69.